The third-order valence-electron chi connectivity index (χ3n) is 5.04. The zero-order valence-corrected chi connectivity index (χ0v) is 15.5. The van der Waals surface area contributed by atoms with Crippen molar-refractivity contribution in [2.45, 2.75) is 33.1 Å². The lowest BCUT2D eigenvalue weighted by molar-refractivity contribution is -0.108. The van der Waals surface area contributed by atoms with Gasteiger partial charge in [-0.25, -0.2) is 0 Å². The Bertz CT molecular complexity index is 879. The zero-order chi connectivity index (χ0) is 18.2. The maximum absolute atomic E-state index is 12.3. The van der Waals surface area contributed by atoms with E-state index in [2.05, 4.69) is 49.0 Å². The molecule has 3 nitrogen and oxygen atoms in total. The highest BCUT2D eigenvalue weighted by Gasteiger charge is 2.38. The number of fused-ring (bicyclic) bond motifs is 1. The highest BCUT2D eigenvalue weighted by Crippen LogP contribution is 2.46. The van der Waals surface area contributed by atoms with Crippen LogP contribution < -0.4 is 4.90 Å². The second kappa shape index (κ2) is 6.32. The summed E-state index contributed by atoms with van der Waals surface area (Å²) in [6.07, 6.45) is 9.27. The predicted molar refractivity (Wildman–Crippen MR) is 105 cm³/mol. The minimum absolute atomic E-state index is 0.0430. The van der Waals surface area contributed by atoms with Crippen LogP contribution in [0.5, 0.6) is 0 Å². The van der Waals surface area contributed by atoms with Crippen LogP contribution in [0, 0.1) is 0 Å². The molecule has 0 spiro atoms. The van der Waals surface area contributed by atoms with E-state index in [0.717, 1.165) is 16.8 Å². The van der Waals surface area contributed by atoms with Crippen LogP contribution in [-0.2, 0) is 10.2 Å². The highest BCUT2D eigenvalue weighted by atomic mass is 16.1. The molecular formula is C22H24N2O. The van der Waals surface area contributed by atoms with Crippen molar-refractivity contribution in [2.75, 3.05) is 11.9 Å². The van der Waals surface area contributed by atoms with Crippen LogP contribution in [0.4, 0.5) is 5.69 Å². The van der Waals surface area contributed by atoms with E-state index in [1.165, 1.54) is 11.3 Å². The molecule has 128 valence electrons. The van der Waals surface area contributed by atoms with Crippen molar-refractivity contribution < 1.29 is 4.79 Å². The number of nitrogens with zero attached hydrogens (tertiary/aromatic N) is 2. The number of para-hydroxylation sites is 1. The summed E-state index contributed by atoms with van der Waals surface area (Å²) in [6, 6.07) is 8.39. The molecule has 1 aliphatic carbocycles. The number of rotatable bonds is 2. The molecule has 25 heavy (non-hydrogen) atoms. The second-order valence-corrected chi connectivity index (χ2v) is 6.97. The number of anilines is 1. The molecule has 1 heterocycles. The van der Waals surface area contributed by atoms with Gasteiger partial charge in [0.1, 0.15) is 5.71 Å². The molecule has 0 saturated heterocycles. The minimum atomic E-state index is -0.146. The van der Waals surface area contributed by atoms with Gasteiger partial charge in [-0.1, -0.05) is 50.3 Å². The smallest absolute Gasteiger partial charge is 0.204 e. The summed E-state index contributed by atoms with van der Waals surface area (Å²) in [5.74, 6) is -0.0430. The number of carbonyl (C=O) groups excluding carboxylic acids is 1. The normalized spacial score (nSPS) is 22.6. The molecule has 1 aliphatic heterocycles. The largest absolute Gasteiger partial charge is 0.346 e. The van der Waals surface area contributed by atoms with Gasteiger partial charge in [0, 0.05) is 30.0 Å². The number of benzene rings is 1. The fourth-order valence-electron chi connectivity index (χ4n) is 3.57. The molecular weight excluding hydrogens is 308 g/mol. The lowest BCUT2D eigenvalue weighted by Gasteiger charge is -2.23. The molecule has 3 heteroatoms. The summed E-state index contributed by atoms with van der Waals surface area (Å²) in [6.45, 7) is 8.30. The highest BCUT2D eigenvalue weighted by molar-refractivity contribution is 6.50. The Labute approximate surface area is 149 Å². The topological polar surface area (TPSA) is 32.7 Å². The summed E-state index contributed by atoms with van der Waals surface area (Å²) in [5, 5.41) is 0. The fraction of sp³-hybridized carbons (Fsp3) is 0.273. The first kappa shape index (κ1) is 17.2. The van der Waals surface area contributed by atoms with E-state index >= 15 is 0 Å². The van der Waals surface area contributed by atoms with Gasteiger partial charge in [0.15, 0.2) is 0 Å². The third kappa shape index (κ3) is 2.80. The van der Waals surface area contributed by atoms with Crippen LogP contribution in [0.15, 0.2) is 76.6 Å². The number of ketones is 1. The van der Waals surface area contributed by atoms with Gasteiger partial charge in [0.2, 0.25) is 5.78 Å². The zero-order valence-electron chi connectivity index (χ0n) is 15.5. The van der Waals surface area contributed by atoms with Gasteiger partial charge in [-0.2, -0.15) is 0 Å². The van der Waals surface area contributed by atoms with E-state index in [1.807, 2.05) is 44.3 Å². The number of hydrogen-bond donors (Lipinski definition) is 0. The van der Waals surface area contributed by atoms with Crippen LogP contribution in [0.1, 0.15) is 33.3 Å². The predicted octanol–water partition coefficient (Wildman–Crippen LogP) is 4.73. The van der Waals surface area contributed by atoms with Gasteiger partial charge >= 0.3 is 0 Å². The lowest BCUT2D eigenvalue weighted by atomic mass is 9.84. The first-order chi connectivity index (χ1) is 11.9. The van der Waals surface area contributed by atoms with Crippen LogP contribution in [0.3, 0.4) is 0 Å². The Balaban J connectivity index is 2.06. The molecule has 0 N–H and O–H groups in total. The van der Waals surface area contributed by atoms with Crippen LogP contribution >= 0.6 is 0 Å². The van der Waals surface area contributed by atoms with Crippen molar-refractivity contribution in [1.29, 1.82) is 0 Å². The van der Waals surface area contributed by atoms with Crippen molar-refractivity contribution in [3.05, 3.63) is 77.2 Å². The molecule has 0 amide bonds. The molecule has 0 radical (unpaired) electrons. The Morgan fingerprint density at radius 1 is 1.16 bits per heavy atom. The first-order valence-electron chi connectivity index (χ1n) is 8.56. The molecule has 1 aromatic rings. The van der Waals surface area contributed by atoms with E-state index in [-0.39, 0.29) is 11.2 Å². The van der Waals surface area contributed by atoms with E-state index < -0.39 is 0 Å². The van der Waals surface area contributed by atoms with Crippen molar-refractivity contribution in [2.24, 2.45) is 4.99 Å². The quantitative estimate of drug-likeness (QED) is 0.734. The van der Waals surface area contributed by atoms with Crippen LogP contribution in [0.25, 0.3) is 0 Å². The van der Waals surface area contributed by atoms with Gasteiger partial charge < -0.3 is 4.90 Å². The Kier molecular flexibility index (Phi) is 4.34. The number of carbonyl (C=O) groups is 1. The standard InChI is InChI=1S/C22H24N2O/c1-6-9-16-12-13-19(25)21(15(16)2)23-14-20-22(3,4)17-10-7-8-11-18(17)24(20)5/h6-14H,1-5H3/b9-6-,20-14+,23-21-. The Morgan fingerprint density at radius 2 is 1.88 bits per heavy atom. The SMILES string of the molecule is C/C=C\C1=C(C)C(=N/C=C2/N(C)c3ccccc3C2(C)C)/C(=O)C=C1. The summed E-state index contributed by atoms with van der Waals surface area (Å²) < 4.78 is 0. The number of likely N-dealkylation sites (N-methyl/N-ethyl adjacent to an activating group) is 1. The maximum atomic E-state index is 12.3. The monoisotopic (exact) mass is 332 g/mol. The van der Waals surface area contributed by atoms with Gasteiger partial charge in [0.25, 0.3) is 0 Å². The maximum Gasteiger partial charge on any atom is 0.204 e. The minimum Gasteiger partial charge on any atom is -0.346 e. The van der Waals surface area contributed by atoms with Gasteiger partial charge in [-0.05, 0) is 42.7 Å². The van der Waals surface area contributed by atoms with E-state index in [1.54, 1.807) is 6.08 Å². The van der Waals surface area contributed by atoms with Crippen LogP contribution in [0.2, 0.25) is 0 Å². The number of aliphatic imine (C=N–C) groups is 1. The molecule has 0 bridgehead atoms. The molecule has 0 fully saturated rings. The molecule has 3 rings (SSSR count). The molecule has 0 saturated carbocycles. The second-order valence-electron chi connectivity index (χ2n) is 6.97. The first-order valence-corrected chi connectivity index (χ1v) is 8.56. The average Bonchev–Trinajstić information content (AvgIpc) is 2.78. The van der Waals surface area contributed by atoms with Crippen molar-refractivity contribution in [3.63, 3.8) is 0 Å². The third-order valence-corrected chi connectivity index (χ3v) is 5.04. The van der Waals surface area contributed by atoms with E-state index in [9.17, 15) is 4.79 Å². The molecule has 0 unspecified atom stereocenters. The van der Waals surface area contributed by atoms with Crippen LogP contribution in [-0.4, -0.2) is 18.5 Å². The summed E-state index contributed by atoms with van der Waals surface area (Å²) in [7, 11) is 2.05. The molecule has 1 aromatic carbocycles. The number of hydrogen-bond acceptors (Lipinski definition) is 3. The average molecular weight is 332 g/mol. The fourth-order valence-corrected chi connectivity index (χ4v) is 3.57. The molecule has 2 aliphatic rings. The van der Waals surface area contributed by atoms with Gasteiger partial charge in [-0.3, -0.25) is 9.79 Å². The van der Waals surface area contributed by atoms with E-state index in [0.29, 0.717) is 5.71 Å². The molecule has 0 aromatic heterocycles. The molecule has 0 atom stereocenters. The number of allylic oxidation sites excluding steroid dienone is 7. The summed E-state index contributed by atoms with van der Waals surface area (Å²) in [5.41, 5.74) is 5.87. The van der Waals surface area contributed by atoms with Crippen molar-refractivity contribution >= 4 is 17.2 Å². The van der Waals surface area contributed by atoms with Gasteiger partial charge in [-0.15, -0.1) is 0 Å². The summed E-state index contributed by atoms with van der Waals surface area (Å²) >= 11 is 0. The Morgan fingerprint density at radius 3 is 2.56 bits per heavy atom. The van der Waals surface area contributed by atoms with Crippen molar-refractivity contribution in [1.82, 2.24) is 0 Å². The van der Waals surface area contributed by atoms with Crippen molar-refractivity contribution in [3.8, 4) is 0 Å². The lowest BCUT2D eigenvalue weighted by Crippen LogP contribution is -2.23. The Hall–Kier alpha value is -2.68. The summed E-state index contributed by atoms with van der Waals surface area (Å²) in [4.78, 5) is 19.1. The van der Waals surface area contributed by atoms with E-state index in [4.69, 9.17) is 0 Å². The van der Waals surface area contributed by atoms with Gasteiger partial charge in [0.05, 0.1) is 0 Å².